The van der Waals surface area contributed by atoms with Crippen LogP contribution in [0, 0.1) is 20.8 Å². The number of rotatable bonds is 2. The molecule has 0 N–H and O–H groups in total. The van der Waals surface area contributed by atoms with Crippen LogP contribution in [0.2, 0.25) is 0 Å². The molecule has 3 rings (SSSR count). The summed E-state index contributed by atoms with van der Waals surface area (Å²) in [6.07, 6.45) is -21.6. The number of hydrogen-bond donors (Lipinski definition) is 0. The molecule has 0 unspecified atom stereocenters. The first-order valence-electron chi connectivity index (χ1n) is 9.71. The van der Waals surface area contributed by atoms with Gasteiger partial charge in [0.15, 0.2) is 18.9 Å². The summed E-state index contributed by atoms with van der Waals surface area (Å²) < 4.78 is 152. The van der Waals surface area contributed by atoms with Crippen molar-refractivity contribution < 1.29 is 75.1 Å². The molecule has 0 aliphatic carbocycles. The van der Waals surface area contributed by atoms with Gasteiger partial charge in [0, 0.05) is 11.4 Å². The fraction of sp³-hybridized carbons (Fsp3) is 0.389. The molecular formula is C18H15AgBF12N5. The Morgan fingerprint density at radius 1 is 0.568 bits per heavy atom. The van der Waals surface area contributed by atoms with Crippen molar-refractivity contribution in [2.24, 2.45) is 0 Å². The standard InChI is InChI=1S/C10H4BF12N4.C8H11N.Ag/c12-7(13,14)3-1-5(9(18,19)20)26(24-3)11-27-6(10(21,22)23)2-4(25-27)8(15,16)17;1-6-4-7(2)9-8(3)5-6;/h1-2H,11H2;4-5H,1-3H3;/q-1;;+1. The monoisotopic (exact) mass is 647 g/mol. The second kappa shape index (κ2) is 11.1. The van der Waals surface area contributed by atoms with Crippen LogP contribution in [0.4, 0.5) is 52.7 Å². The first-order chi connectivity index (χ1) is 16.1. The van der Waals surface area contributed by atoms with Gasteiger partial charge in [-0.1, -0.05) is 0 Å². The molecule has 0 saturated carbocycles. The van der Waals surface area contributed by atoms with E-state index in [2.05, 4.69) is 34.2 Å². The normalized spacial score (nSPS) is 12.6. The summed E-state index contributed by atoms with van der Waals surface area (Å²) in [5.41, 5.74) is -4.75. The Hall–Kier alpha value is -2.46. The molecule has 5 nitrogen and oxygen atoms in total. The van der Waals surface area contributed by atoms with Crippen LogP contribution in [0.5, 0.6) is 0 Å². The minimum Gasteiger partial charge on any atom is -0.418 e. The maximum atomic E-state index is 12.8. The van der Waals surface area contributed by atoms with Gasteiger partial charge in [0.05, 0.1) is 0 Å². The van der Waals surface area contributed by atoms with Crippen LogP contribution in [0.25, 0.3) is 0 Å². The van der Waals surface area contributed by atoms with E-state index in [9.17, 15) is 52.7 Å². The number of aryl methyl sites for hydroxylation is 3. The van der Waals surface area contributed by atoms with E-state index < -0.39 is 76.3 Å². The summed E-state index contributed by atoms with van der Waals surface area (Å²) >= 11 is 0. The smallest absolute Gasteiger partial charge is 0.418 e. The molecule has 19 heteroatoms. The minimum atomic E-state index is -5.45. The molecule has 0 spiro atoms. The largest absolute Gasteiger partial charge is 1.00 e. The van der Waals surface area contributed by atoms with Gasteiger partial charge >= 0.3 is 47.1 Å². The van der Waals surface area contributed by atoms with E-state index in [4.69, 9.17) is 0 Å². The molecule has 37 heavy (non-hydrogen) atoms. The second-order valence-corrected chi connectivity index (χ2v) is 7.70. The third kappa shape index (κ3) is 8.81. The van der Waals surface area contributed by atoms with Crippen LogP contribution in [0.1, 0.15) is 39.7 Å². The van der Waals surface area contributed by atoms with Gasteiger partial charge in [0.2, 0.25) is 0 Å². The summed E-state index contributed by atoms with van der Waals surface area (Å²) in [5, 5.41) is 5.11. The van der Waals surface area contributed by atoms with E-state index in [1.54, 1.807) is 0 Å². The van der Waals surface area contributed by atoms with Crippen molar-refractivity contribution in [1.29, 1.82) is 0 Å². The SMILES string of the molecule is Cc1cc(C)nc(C)c1.FC(F)(F)c1cc(C(F)(F)F)n([BH2-]n2nc(C(F)(F)F)cc2C(F)(F)F)n1.[Ag+]. The fourth-order valence-electron chi connectivity index (χ4n) is 3.27. The van der Waals surface area contributed by atoms with Crippen LogP contribution < -0.4 is 0 Å². The summed E-state index contributed by atoms with van der Waals surface area (Å²) in [5.74, 6) is 0. The summed E-state index contributed by atoms with van der Waals surface area (Å²) in [6.45, 7) is 6.11. The number of pyridine rings is 1. The average Bonchev–Trinajstić information content (AvgIpc) is 3.24. The van der Waals surface area contributed by atoms with E-state index in [0.29, 0.717) is 0 Å². The molecule has 0 aliphatic rings. The van der Waals surface area contributed by atoms with Gasteiger partial charge in [-0.3, -0.25) is 4.98 Å². The van der Waals surface area contributed by atoms with Gasteiger partial charge in [0.1, 0.15) is 11.4 Å². The van der Waals surface area contributed by atoms with E-state index in [1.165, 1.54) is 5.56 Å². The van der Waals surface area contributed by atoms with Gasteiger partial charge < -0.3 is 9.19 Å². The molecule has 3 aromatic heterocycles. The molecule has 0 aliphatic heterocycles. The van der Waals surface area contributed by atoms with E-state index in [0.717, 1.165) is 11.4 Å². The predicted molar refractivity (Wildman–Crippen MR) is 102 cm³/mol. The van der Waals surface area contributed by atoms with Gasteiger partial charge in [-0.05, 0) is 50.6 Å². The maximum Gasteiger partial charge on any atom is 1.00 e. The van der Waals surface area contributed by atoms with Gasteiger partial charge in [-0.15, -0.1) is 0 Å². The van der Waals surface area contributed by atoms with E-state index in [1.807, 2.05) is 13.8 Å². The number of alkyl halides is 12. The summed E-state index contributed by atoms with van der Waals surface area (Å²) in [4.78, 5) is 4.23. The Balaban J connectivity index is 0.000000577. The van der Waals surface area contributed by atoms with Crippen molar-refractivity contribution in [3.8, 4) is 0 Å². The molecule has 3 aromatic rings. The molecule has 0 atom stereocenters. The van der Waals surface area contributed by atoms with Crippen molar-refractivity contribution in [3.05, 3.63) is 64.0 Å². The zero-order chi connectivity index (χ0) is 27.9. The zero-order valence-electron chi connectivity index (χ0n) is 18.9. The molecule has 3 heterocycles. The van der Waals surface area contributed by atoms with Crippen LogP contribution in [-0.4, -0.2) is 31.9 Å². The topological polar surface area (TPSA) is 48.5 Å². The number of halogens is 12. The van der Waals surface area contributed by atoms with Crippen LogP contribution in [-0.2, 0) is 47.1 Å². The Morgan fingerprint density at radius 3 is 1.14 bits per heavy atom. The first-order valence-corrected chi connectivity index (χ1v) is 9.71. The van der Waals surface area contributed by atoms with Gasteiger partial charge in [-0.25, -0.2) is 10.2 Å². The van der Waals surface area contributed by atoms with Crippen LogP contribution >= 0.6 is 0 Å². The van der Waals surface area contributed by atoms with Crippen LogP contribution in [0.3, 0.4) is 0 Å². The number of nitrogens with zero attached hydrogens (tertiary/aromatic N) is 5. The molecule has 0 saturated heterocycles. The Kier molecular flexibility index (Phi) is 9.77. The number of hydrogen-bond acceptors (Lipinski definition) is 3. The molecule has 0 radical (unpaired) electrons. The van der Waals surface area contributed by atoms with Crippen molar-refractivity contribution in [1.82, 2.24) is 24.4 Å². The molecule has 0 fully saturated rings. The molecule has 210 valence electrons. The van der Waals surface area contributed by atoms with Crippen LogP contribution in [0.15, 0.2) is 24.3 Å². The average molecular weight is 648 g/mol. The van der Waals surface area contributed by atoms with Crippen molar-refractivity contribution in [3.63, 3.8) is 0 Å². The summed E-state index contributed by atoms with van der Waals surface area (Å²) in [6, 6.07) is 3.25. The zero-order valence-corrected chi connectivity index (χ0v) is 20.4. The molecular weight excluding hydrogens is 633 g/mol. The second-order valence-electron chi connectivity index (χ2n) is 7.70. The van der Waals surface area contributed by atoms with Gasteiger partial charge in [-0.2, -0.15) is 52.7 Å². The third-order valence-electron chi connectivity index (χ3n) is 4.53. The summed E-state index contributed by atoms with van der Waals surface area (Å²) in [7, 11) is -3.20. The first kappa shape index (κ1) is 32.6. The molecule has 0 aromatic carbocycles. The van der Waals surface area contributed by atoms with E-state index >= 15 is 0 Å². The third-order valence-corrected chi connectivity index (χ3v) is 4.53. The molecule has 0 amide bonds. The minimum absolute atomic E-state index is 0. The Morgan fingerprint density at radius 2 is 0.892 bits per heavy atom. The van der Waals surface area contributed by atoms with Crippen molar-refractivity contribution in [2.75, 3.05) is 0 Å². The quantitative estimate of drug-likeness (QED) is 0.271. The van der Waals surface area contributed by atoms with E-state index in [-0.39, 0.29) is 22.4 Å². The Bertz CT molecular complexity index is 1090. The fourth-order valence-corrected chi connectivity index (χ4v) is 3.27. The van der Waals surface area contributed by atoms with Gasteiger partial charge in [0.25, 0.3) is 0 Å². The van der Waals surface area contributed by atoms with Crippen molar-refractivity contribution in [2.45, 2.75) is 45.5 Å². The Labute approximate surface area is 216 Å². The predicted octanol–water partition coefficient (Wildman–Crippen LogP) is 5.55. The van der Waals surface area contributed by atoms with Crippen molar-refractivity contribution >= 4 is 7.55 Å². The number of aromatic nitrogens is 5. The molecule has 0 bridgehead atoms. The maximum absolute atomic E-state index is 12.8.